The first-order chi connectivity index (χ1) is 11.1. The van der Waals surface area contributed by atoms with Crippen molar-refractivity contribution in [1.82, 2.24) is 15.1 Å². The highest BCUT2D eigenvalue weighted by Crippen LogP contribution is 2.09. The molecule has 0 radical (unpaired) electrons. The lowest BCUT2D eigenvalue weighted by atomic mass is 10.3. The van der Waals surface area contributed by atoms with Crippen LogP contribution in [0.2, 0.25) is 0 Å². The van der Waals surface area contributed by atoms with E-state index in [1.165, 1.54) is 0 Å². The average molecular weight is 319 g/mol. The summed E-state index contributed by atoms with van der Waals surface area (Å²) < 4.78 is 5.40. The average Bonchev–Trinajstić information content (AvgIpc) is 2.97. The van der Waals surface area contributed by atoms with Gasteiger partial charge in [-0.25, -0.2) is 0 Å². The Kier molecular flexibility index (Phi) is 6.40. The van der Waals surface area contributed by atoms with Gasteiger partial charge in [-0.3, -0.25) is 14.5 Å². The molecule has 6 nitrogen and oxygen atoms in total. The molecule has 1 fully saturated rings. The molecule has 6 heteroatoms. The van der Waals surface area contributed by atoms with Crippen molar-refractivity contribution >= 4 is 17.9 Å². The number of hydrogen-bond donors (Lipinski definition) is 1. The second kappa shape index (κ2) is 8.53. The Morgan fingerprint density at radius 1 is 1.26 bits per heavy atom. The zero-order chi connectivity index (χ0) is 16.7. The summed E-state index contributed by atoms with van der Waals surface area (Å²) in [6.45, 7) is 7.75. The maximum Gasteiger partial charge on any atom is 0.246 e. The second-order valence-electron chi connectivity index (χ2n) is 5.73. The van der Waals surface area contributed by atoms with Crippen molar-refractivity contribution in [3.63, 3.8) is 0 Å². The predicted molar refractivity (Wildman–Crippen MR) is 88.8 cm³/mol. The molecule has 1 aliphatic heterocycles. The number of hydrogen-bond acceptors (Lipinski definition) is 4. The Morgan fingerprint density at radius 2 is 2.00 bits per heavy atom. The summed E-state index contributed by atoms with van der Waals surface area (Å²) in [5.74, 6) is 1.54. The van der Waals surface area contributed by atoms with E-state index >= 15 is 0 Å². The predicted octanol–water partition coefficient (Wildman–Crippen LogP) is 1.27. The van der Waals surface area contributed by atoms with E-state index in [9.17, 15) is 9.59 Å². The first kappa shape index (κ1) is 17.3. The topological polar surface area (TPSA) is 65.8 Å². The van der Waals surface area contributed by atoms with E-state index in [4.69, 9.17) is 4.42 Å². The summed E-state index contributed by atoms with van der Waals surface area (Å²) in [6.07, 6.45) is 4.18. The molecule has 0 atom stereocenters. The van der Waals surface area contributed by atoms with Gasteiger partial charge in [-0.2, -0.15) is 0 Å². The van der Waals surface area contributed by atoms with Crippen molar-refractivity contribution in [3.8, 4) is 0 Å². The highest BCUT2D eigenvalue weighted by Gasteiger charge is 2.20. The van der Waals surface area contributed by atoms with Crippen molar-refractivity contribution < 1.29 is 14.0 Å². The minimum atomic E-state index is -0.0193. The van der Waals surface area contributed by atoms with Crippen LogP contribution < -0.4 is 5.32 Å². The Bertz CT molecular complexity index is 557. The van der Waals surface area contributed by atoms with E-state index in [0.717, 1.165) is 25.3 Å². The quantitative estimate of drug-likeness (QED) is 0.802. The van der Waals surface area contributed by atoms with Crippen LogP contribution in [0.15, 0.2) is 22.6 Å². The number of piperazine rings is 1. The van der Waals surface area contributed by atoms with E-state index in [1.54, 1.807) is 17.1 Å². The van der Waals surface area contributed by atoms with Crippen LogP contribution in [0.4, 0.5) is 0 Å². The zero-order valence-corrected chi connectivity index (χ0v) is 13.9. The molecule has 2 amide bonds. The van der Waals surface area contributed by atoms with Gasteiger partial charge in [0.25, 0.3) is 0 Å². The summed E-state index contributed by atoms with van der Waals surface area (Å²) in [7, 11) is 0. The molecule has 0 bridgehead atoms. The molecule has 1 aliphatic rings. The molecular weight excluding hydrogens is 294 g/mol. The van der Waals surface area contributed by atoms with Gasteiger partial charge >= 0.3 is 0 Å². The molecule has 1 aromatic rings. The van der Waals surface area contributed by atoms with Gasteiger partial charge in [0.15, 0.2) is 0 Å². The monoisotopic (exact) mass is 319 g/mol. The van der Waals surface area contributed by atoms with Gasteiger partial charge in [-0.15, -0.1) is 0 Å². The van der Waals surface area contributed by atoms with Gasteiger partial charge in [0, 0.05) is 38.8 Å². The molecule has 1 N–H and O–H groups in total. The van der Waals surface area contributed by atoms with Crippen molar-refractivity contribution in [1.29, 1.82) is 0 Å². The number of aryl methyl sites for hydroxylation is 1. The first-order valence-corrected chi connectivity index (χ1v) is 8.11. The molecular formula is C17H25N3O3. The smallest absolute Gasteiger partial charge is 0.246 e. The molecule has 0 saturated carbocycles. The third-order valence-electron chi connectivity index (χ3n) is 3.77. The number of carbonyl (C=O) groups excluding carboxylic acids is 2. The highest BCUT2D eigenvalue weighted by molar-refractivity contribution is 5.91. The second-order valence-corrected chi connectivity index (χ2v) is 5.73. The zero-order valence-electron chi connectivity index (χ0n) is 13.9. The first-order valence-electron chi connectivity index (χ1n) is 8.11. The van der Waals surface area contributed by atoms with E-state index in [0.29, 0.717) is 31.9 Å². The number of nitrogens with one attached hydrogen (secondary N) is 1. The maximum atomic E-state index is 12.1. The van der Waals surface area contributed by atoms with Gasteiger partial charge in [-0.1, -0.05) is 6.92 Å². The van der Waals surface area contributed by atoms with Crippen molar-refractivity contribution in [2.24, 2.45) is 0 Å². The Morgan fingerprint density at radius 3 is 2.61 bits per heavy atom. The number of nitrogens with zero attached hydrogens (tertiary/aromatic N) is 2. The lowest BCUT2D eigenvalue weighted by Gasteiger charge is -2.33. The van der Waals surface area contributed by atoms with Crippen LogP contribution in [0, 0.1) is 6.92 Å². The lowest BCUT2D eigenvalue weighted by molar-refractivity contribution is -0.128. The number of furan rings is 1. The molecule has 23 heavy (non-hydrogen) atoms. The fraction of sp³-hybridized carbons (Fsp3) is 0.529. The molecule has 1 aromatic heterocycles. The molecule has 2 heterocycles. The molecule has 0 spiro atoms. The fourth-order valence-corrected chi connectivity index (χ4v) is 2.45. The highest BCUT2D eigenvalue weighted by atomic mass is 16.3. The largest absolute Gasteiger partial charge is 0.462 e. The van der Waals surface area contributed by atoms with Crippen LogP contribution in [-0.4, -0.2) is 60.9 Å². The van der Waals surface area contributed by atoms with E-state index in [-0.39, 0.29) is 11.8 Å². The van der Waals surface area contributed by atoms with Crippen LogP contribution in [-0.2, 0) is 9.59 Å². The van der Waals surface area contributed by atoms with E-state index in [1.807, 2.05) is 26.0 Å². The summed E-state index contributed by atoms with van der Waals surface area (Å²) in [6, 6.07) is 3.71. The lowest BCUT2D eigenvalue weighted by Crippen LogP contribution is -2.50. The summed E-state index contributed by atoms with van der Waals surface area (Å²) >= 11 is 0. The van der Waals surface area contributed by atoms with Gasteiger partial charge < -0.3 is 14.6 Å². The van der Waals surface area contributed by atoms with Gasteiger partial charge in [-0.05, 0) is 31.6 Å². The molecule has 0 unspecified atom stereocenters. The number of rotatable bonds is 6. The van der Waals surface area contributed by atoms with Crippen LogP contribution in [0.5, 0.6) is 0 Å². The normalized spacial score (nSPS) is 16.0. The fourth-order valence-electron chi connectivity index (χ4n) is 2.45. The van der Waals surface area contributed by atoms with E-state index < -0.39 is 0 Å². The maximum absolute atomic E-state index is 12.1. The molecule has 1 saturated heterocycles. The van der Waals surface area contributed by atoms with Gasteiger partial charge in [0.05, 0.1) is 6.54 Å². The Labute approximate surface area is 137 Å². The van der Waals surface area contributed by atoms with Crippen LogP contribution >= 0.6 is 0 Å². The Hall–Kier alpha value is -2.08. The van der Waals surface area contributed by atoms with Crippen LogP contribution in [0.25, 0.3) is 6.08 Å². The number of amides is 2. The Balaban J connectivity index is 1.74. The van der Waals surface area contributed by atoms with Gasteiger partial charge in [0.1, 0.15) is 11.5 Å². The minimum absolute atomic E-state index is 0.0193. The number of carbonyl (C=O) groups is 2. The van der Waals surface area contributed by atoms with Gasteiger partial charge in [0.2, 0.25) is 11.8 Å². The third kappa shape index (κ3) is 5.56. The third-order valence-corrected chi connectivity index (χ3v) is 3.77. The molecule has 0 aromatic carbocycles. The standard InChI is InChI=1S/C17H25N3O3/c1-3-8-18-16(21)13-19-9-11-20(12-10-19)17(22)7-6-15-5-4-14(2)23-15/h4-7H,3,8-13H2,1-2H3,(H,18,21)/b7-6+. The summed E-state index contributed by atoms with van der Waals surface area (Å²) in [5.41, 5.74) is 0. The minimum Gasteiger partial charge on any atom is -0.462 e. The molecule has 2 rings (SSSR count). The van der Waals surface area contributed by atoms with Crippen LogP contribution in [0.1, 0.15) is 24.9 Å². The van der Waals surface area contributed by atoms with Crippen molar-refractivity contribution in [2.75, 3.05) is 39.3 Å². The van der Waals surface area contributed by atoms with Crippen molar-refractivity contribution in [3.05, 3.63) is 29.7 Å². The molecule has 126 valence electrons. The molecule has 0 aliphatic carbocycles. The summed E-state index contributed by atoms with van der Waals surface area (Å²) in [5, 5.41) is 2.87. The summed E-state index contributed by atoms with van der Waals surface area (Å²) in [4.78, 5) is 27.7. The SMILES string of the molecule is CCCNC(=O)CN1CCN(C(=O)/C=C/c2ccc(C)o2)CC1. The van der Waals surface area contributed by atoms with Crippen molar-refractivity contribution in [2.45, 2.75) is 20.3 Å². The van der Waals surface area contributed by atoms with E-state index in [2.05, 4.69) is 10.2 Å². The van der Waals surface area contributed by atoms with Crippen LogP contribution in [0.3, 0.4) is 0 Å².